The van der Waals surface area contributed by atoms with E-state index in [9.17, 15) is 4.79 Å². The molecular weight excluding hydrogens is 418 g/mol. The minimum absolute atomic E-state index is 0.0683. The van der Waals surface area contributed by atoms with E-state index in [4.69, 9.17) is 14.5 Å². The molecule has 2 aliphatic rings. The molecule has 1 aliphatic carbocycles. The van der Waals surface area contributed by atoms with Crippen LogP contribution in [-0.2, 0) is 20.5 Å². The molecule has 0 N–H and O–H groups in total. The minimum Gasteiger partial charge on any atom is -0.496 e. The molecule has 0 spiro atoms. The van der Waals surface area contributed by atoms with E-state index in [0.29, 0.717) is 11.5 Å². The topological polar surface area (TPSA) is 76.1 Å². The van der Waals surface area contributed by atoms with E-state index < -0.39 is 0 Å². The third-order valence-electron chi connectivity index (χ3n) is 7.03. The van der Waals surface area contributed by atoms with Crippen LogP contribution in [0.15, 0.2) is 53.7 Å². The molecule has 1 aliphatic heterocycles. The number of pyridine rings is 1. The monoisotopic (exact) mass is 439 g/mol. The standard InChI is InChI=1S/C25H21N5O3/c1-28-12-14(10-27-28)20-18(32-3)9-16-21-23-17(11-26-16)29(2)25(31)30(23)22-15-7-5-4-6-13(15)8-19(22)33-24(20)21/h4-7,9-12,19,22H,8H2,1-3H3/t19-,22-/m1/s1. The normalized spacial score (nSPS) is 18.4. The van der Waals surface area contributed by atoms with Crippen LogP contribution in [0.5, 0.6) is 11.5 Å². The SMILES string of the molecule is COc1cc2ncc3c4c2c(c1-c1cnn(C)c1)O[C@@H]1Cc2ccccc2[C@H]1n4c(=O)n3C. The molecule has 7 rings (SSSR count). The largest absolute Gasteiger partial charge is 0.496 e. The molecule has 8 heteroatoms. The average Bonchev–Trinajstić information content (AvgIpc) is 3.44. The number of imidazole rings is 1. The van der Waals surface area contributed by atoms with E-state index in [-0.39, 0.29) is 17.8 Å². The second-order valence-electron chi connectivity index (χ2n) is 8.79. The van der Waals surface area contributed by atoms with Crippen LogP contribution in [0, 0.1) is 0 Å². The summed E-state index contributed by atoms with van der Waals surface area (Å²) in [5.41, 5.74) is 6.34. The Morgan fingerprint density at radius 1 is 1.18 bits per heavy atom. The first-order valence-corrected chi connectivity index (χ1v) is 10.9. The molecule has 5 aromatic rings. The van der Waals surface area contributed by atoms with Gasteiger partial charge in [0.15, 0.2) is 0 Å². The highest BCUT2D eigenvalue weighted by Crippen LogP contribution is 2.50. The van der Waals surface area contributed by atoms with Gasteiger partial charge in [0.05, 0.1) is 47.0 Å². The zero-order valence-corrected chi connectivity index (χ0v) is 18.4. The van der Waals surface area contributed by atoms with Crippen molar-refractivity contribution in [2.45, 2.75) is 18.6 Å². The molecule has 33 heavy (non-hydrogen) atoms. The van der Waals surface area contributed by atoms with Gasteiger partial charge in [0.2, 0.25) is 0 Å². The van der Waals surface area contributed by atoms with Gasteiger partial charge in [-0.2, -0.15) is 5.10 Å². The fourth-order valence-corrected chi connectivity index (χ4v) is 5.58. The lowest BCUT2D eigenvalue weighted by Crippen LogP contribution is -2.33. The number of rotatable bonds is 2. The van der Waals surface area contributed by atoms with Gasteiger partial charge < -0.3 is 9.47 Å². The van der Waals surface area contributed by atoms with E-state index in [2.05, 4.69) is 17.2 Å². The second kappa shape index (κ2) is 6.25. The van der Waals surface area contributed by atoms with Gasteiger partial charge in [0.25, 0.3) is 0 Å². The first kappa shape index (κ1) is 18.5. The van der Waals surface area contributed by atoms with Crippen molar-refractivity contribution < 1.29 is 9.47 Å². The molecule has 8 nitrogen and oxygen atoms in total. The molecular formula is C25H21N5O3. The van der Waals surface area contributed by atoms with Gasteiger partial charge in [-0.15, -0.1) is 0 Å². The first-order chi connectivity index (χ1) is 16.1. The molecule has 0 fully saturated rings. The summed E-state index contributed by atoms with van der Waals surface area (Å²) in [4.78, 5) is 18.3. The van der Waals surface area contributed by atoms with Crippen LogP contribution in [0.3, 0.4) is 0 Å². The fraction of sp³-hybridized carbons (Fsp3) is 0.240. The van der Waals surface area contributed by atoms with E-state index in [1.165, 1.54) is 5.56 Å². The fourth-order valence-electron chi connectivity index (χ4n) is 5.58. The third-order valence-corrected chi connectivity index (χ3v) is 7.03. The highest BCUT2D eigenvalue weighted by atomic mass is 16.5. The summed E-state index contributed by atoms with van der Waals surface area (Å²) in [6.45, 7) is 0. The van der Waals surface area contributed by atoms with Crippen molar-refractivity contribution in [3.63, 3.8) is 0 Å². The zero-order chi connectivity index (χ0) is 22.4. The lowest BCUT2D eigenvalue weighted by molar-refractivity contribution is 0.175. The Morgan fingerprint density at radius 3 is 2.82 bits per heavy atom. The number of nitrogens with zero attached hydrogens (tertiary/aromatic N) is 5. The summed E-state index contributed by atoms with van der Waals surface area (Å²) in [6, 6.07) is 9.98. The Bertz CT molecular complexity index is 1680. The summed E-state index contributed by atoms with van der Waals surface area (Å²) >= 11 is 0. The quantitative estimate of drug-likeness (QED) is 0.422. The van der Waals surface area contributed by atoms with Crippen LogP contribution in [0.25, 0.3) is 33.1 Å². The molecule has 2 atom stereocenters. The number of aryl methyl sites for hydroxylation is 2. The van der Waals surface area contributed by atoms with Crippen LogP contribution in [-0.4, -0.2) is 37.1 Å². The van der Waals surface area contributed by atoms with Gasteiger partial charge in [-0.25, -0.2) is 4.79 Å². The summed E-state index contributed by atoms with van der Waals surface area (Å²) in [6.07, 6.45) is 6.01. The molecule has 0 unspecified atom stereocenters. The van der Waals surface area contributed by atoms with Gasteiger partial charge in [0.1, 0.15) is 23.6 Å². The highest BCUT2D eigenvalue weighted by Gasteiger charge is 2.41. The molecule has 2 aromatic carbocycles. The lowest BCUT2D eigenvalue weighted by atomic mass is 10.0. The van der Waals surface area contributed by atoms with E-state index in [1.807, 2.05) is 36.0 Å². The second-order valence-corrected chi connectivity index (χ2v) is 8.79. The number of benzene rings is 2. The van der Waals surface area contributed by atoms with Crippen molar-refractivity contribution in [2.75, 3.05) is 7.11 Å². The summed E-state index contributed by atoms with van der Waals surface area (Å²) in [5.74, 6) is 1.35. The van der Waals surface area contributed by atoms with Crippen LogP contribution in [0.2, 0.25) is 0 Å². The number of hydrogen-bond acceptors (Lipinski definition) is 5. The smallest absolute Gasteiger partial charge is 0.329 e. The molecule has 3 aromatic heterocycles. The third kappa shape index (κ3) is 2.27. The number of hydrogen-bond donors (Lipinski definition) is 0. The number of methoxy groups -OCH3 is 1. The lowest BCUT2D eigenvalue weighted by Gasteiger charge is -2.22. The Morgan fingerprint density at radius 2 is 2.03 bits per heavy atom. The zero-order valence-electron chi connectivity index (χ0n) is 18.4. The Labute approximate surface area is 188 Å². The van der Waals surface area contributed by atoms with Crippen molar-refractivity contribution in [3.8, 4) is 22.6 Å². The van der Waals surface area contributed by atoms with E-state index >= 15 is 0 Å². The van der Waals surface area contributed by atoms with Gasteiger partial charge in [-0.3, -0.25) is 18.8 Å². The Balaban J connectivity index is 1.68. The van der Waals surface area contributed by atoms with E-state index in [0.717, 1.165) is 45.0 Å². The van der Waals surface area contributed by atoms with Crippen molar-refractivity contribution >= 4 is 21.9 Å². The highest BCUT2D eigenvalue weighted by molar-refractivity contribution is 6.10. The molecule has 0 radical (unpaired) electrons. The maximum absolute atomic E-state index is 13.6. The van der Waals surface area contributed by atoms with Gasteiger partial charge >= 0.3 is 5.69 Å². The minimum atomic E-state index is -0.233. The first-order valence-electron chi connectivity index (χ1n) is 10.9. The van der Waals surface area contributed by atoms with Crippen molar-refractivity contribution in [2.24, 2.45) is 14.1 Å². The predicted molar refractivity (Wildman–Crippen MR) is 124 cm³/mol. The molecule has 0 amide bonds. The Kier molecular flexibility index (Phi) is 3.50. The summed E-state index contributed by atoms with van der Waals surface area (Å²) < 4.78 is 18.0. The summed E-state index contributed by atoms with van der Waals surface area (Å²) in [5, 5.41) is 5.20. The van der Waals surface area contributed by atoms with Crippen LogP contribution in [0.1, 0.15) is 17.2 Å². The van der Waals surface area contributed by atoms with Gasteiger partial charge in [0, 0.05) is 38.3 Å². The van der Waals surface area contributed by atoms with Crippen molar-refractivity contribution in [3.05, 3.63) is 70.5 Å². The van der Waals surface area contributed by atoms with Crippen LogP contribution in [0.4, 0.5) is 0 Å². The number of ether oxygens (including phenoxy) is 2. The molecule has 0 bridgehead atoms. The van der Waals surface area contributed by atoms with E-state index in [1.54, 1.807) is 35.8 Å². The van der Waals surface area contributed by atoms with Crippen LogP contribution < -0.4 is 15.2 Å². The maximum Gasteiger partial charge on any atom is 0.329 e. The molecule has 0 saturated heterocycles. The predicted octanol–water partition coefficient (Wildman–Crippen LogP) is 3.20. The molecule has 164 valence electrons. The van der Waals surface area contributed by atoms with Crippen molar-refractivity contribution in [1.82, 2.24) is 23.9 Å². The number of aromatic nitrogens is 5. The molecule has 4 heterocycles. The van der Waals surface area contributed by atoms with Crippen LogP contribution >= 0.6 is 0 Å². The number of fused-ring (bicyclic) bond motifs is 4. The molecule has 0 saturated carbocycles. The average molecular weight is 439 g/mol. The van der Waals surface area contributed by atoms with Gasteiger partial charge in [-0.1, -0.05) is 24.3 Å². The maximum atomic E-state index is 13.6. The summed E-state index contributed by atoms with van der Waals surface area (Å²) in [7, 11) is 5.34. The van der Waals surface area contributed by atoms with Gasteiger partial charge in [-0.05, 0) is 11.1 Å². The Hall–Kier alpha value is -4.07. The van der Waals surface area contributed by atoms with Crippen molar-refractivity contribution in [1.29, 1.82) is 0 Å².